The molecule has 93 valence electrons. The molecule has 1 rings (SSSR count). The van der Waals surface area contributed by atoms with Crippen LogP contribution in [0.25, 0.3) is 0 Å². The molecule has 0 atom stereocenters. The summed E-state index contributed by atoms with van der Waals surface area (Å²) in [4.78, 5) is 11.5. The Morgan fingerprint density at radius 3 is 2.47 bits per heavy atom. The molecule has 1 radical (unpaired) electrons. The van der Waals surface area contributed by atoms with E-state index in [1.54, 1.807) is 24.3 Å². The zero-order chi connectivity index (χ0) is 12.3. The molecule has 0 unspecified atom stereocenters. The van der Waals surface area contributed by atoms with Gasteiger partial charge in [0.05, 0.1) is 12.2 Å². The van der Waals surface area contributed by atoms with Crippen LogP contribution < -0.4 is 0 Å². The first-order chi connectivity index (χ1) is 8.34. The Morgan fingerprint density at radius 2 is 1.76 bits per heavy atom. The highest BCUT2D eigenvalue weighted by Gasteiger charge is 2.04. The minimum Gasteiger partial charge on any atom is -0.462 e. The molecule has 0 aliphatic rings. The third-order valence-corrected chi connectivity index (χ3v) is 2.68. The average molecular weight is 233 g/mol. The summed E-state index contributed by atoms with van der Waals surface area (Å²) in [6.45, 7) is 2.74. The number of benzene rings is 1. The second-order valence-corrected chi connectivity index (χ2v) is 4.19. The number of esters is 1. The summed E-state index contributed by atoms with van der Waals surface area (Å²) >= 11 is 0. The number of carbonyl (C=O) groups excluding carboxylic acids is 1. The molecule has 0 fully saturated rings. The summed E-state index contributed by atoms with van der Waals surface area (Å²) in [6.07, 6.45) is 7.22. The van der Waals surface area contributed by atoms with Gasteiger partial charge in [-0.05, 0) is 24.6 Å². The van der Waals surface area contributed by atoms with E-state index in [9.17, 15) is 4.79 Å². The van der Waals surface area contributed by atoms with Crippen molar-refractivity contribution in [3.63, 3.8) is 0 Å². The molecule has 0 N–H and O–H groups in total. The first-order valence-electron chi connectivity index (χ1n) is 6.48. The lowest BCUT2D eigenvalue weighted by molar-refractivity contribution is 0.0497. The second-order valence-electron chi connectivity index (χ2n) is 4.19. The van der Waals surface area contributed by atoms with Crippen molar-refractivity contribution in [3.8, 4) is 0 Å². The summed E-state index contributed by atoms with van der Waals surface area (Å²) in [5, 5.41) is 0. The van der Waals surface area contributed by atoms with Crippen LogP contribution in [0.5, 0.6) is 0 Å². The number of hydrogen-bond donors (Lipinski definition) is 0. The van der Waals surface area contributed by atoms with Gasteiger partial charge in [-0.1, -0.05) is 51.2 Å². The summed E-state index contributed by atoms with van der Waals surface area (Å²) in [6, 6.07) is 9.77. The largest absolute Gasteiger partial charge is 0.462 e. The second kappa shape index (κ2) is 8.80. The molecule has 0 aliphatic carbocycles. The Kier molecular flexibility index (Phi) is 7.12. The lowest BCUT2D eigenvalue weighted by Gasteiger charge is -2.04. The first kappa shape index (κ1) is 13.8. The van der Waals surface area contributed by atoms with Crippen molar-refractivity contribution < 1.29 is 9.53 Å². The van der Waals surface area contributed by atoms with E-state index in [-0.39, 0.29) is 5.97 Å². The Balaban J connectivity index is 2.05. The Labute approximate surface area is 104 Å². The Bertz CT molecular complexity index is 306. The average Bonchev–Trinajstić information content (AvgIpc) is 2.38. The molecule has 0 heterocycles. The zero-order valence-electron chi connectivity index (χ0n) is 10.6. The monoisotopic (exact) mass is 233 g/mol. The molecule has 0 bridgehead atoms. The van der Waals surface area contributed by atoms with Gasteiger partial charge in [0.15, 0.2) is 0 Å². The van der Waals surface area contributed by atoms with E-state index in [2.05, 4.69) is 13.0 Å². The van der Waals surface area contributed by atoms with Crippen molar-refractivity contribution >= 4 is 5.97 Å². The number of unbranched alkanes of at least 4 members (excludes halogenated alkanes) is 5. The normalized spacial score (nSPS) is 10.2. The van der Waals surface area contributed by atoms with E-state index in [0.717, 1.165) is 12.8 Å². The molecule has 0 aliphatic heterocycles. The van der Waals surface area contributed by atoms with Gasteiger partial charge in [-0.15, -0.1) is 0 Å². The van der Waals surface area contributed by atoms with Crippen molar-refractivity contribution in [2.75, 3.05) is 6.61 Å². The van der Waals surface area contributed by atoms with E-state index in [4.69, 9.17) is 4.74 Å². The fourth-order valence-corrected chi connectivity index (χ4v) is 1.65. The topological polar surface area (TPSA) is 26.3 Å². The van der Waals surface area contributed by atoms with Gasteiger partial charge in [-0.2, -0.15) is 0 Å². The minimum absolute atomic E-state index is 0.229. The van der Waals surface area contributed by atoms with Crippen LogP contribution in [0.2, 0.25) is 0 Å². The minimum atomic E-state index is -0.229. The van der Waals surface area contributed by atoms with Crippen molar-refractivity contribution in [1.29, 1.82) is 0 Å². The SMILES string of the molecule is CCCCCCCCOC(=O)c1cc[c]cc1. The smallest absolute Gasteiger partial charge is 0.338 e. The maximum absolute atomic E-state index is 11.5. The van der Waals surface area contributed by atoms with Crippen LogP contribution in [0.4, 0.5) is 0 Å². The van der Waals surface area contributed by atoms with Crippen LogP contribution in [0.1, 0.15) is 55.8 Å². The van der Waals surface area contributed by atoms with E-state index in [1.165, 1.54) is 25.7 Å². The summed E-state index contributed by atoms with van der Waals surface area (Å²) < 4.78 is 5.18. The molecule has 1 aromatic rings. The number of hydrogen-bond acceptors (Lipinski definition) is 2. The maximum atomic E-state index is 11.5. The van der Waals surface area contributed by atoms with Crippen LogP contribution in [0.3, 0.4) is 0 Å². The standard InChI is InChI=1S/C15H21O2/c1-2-3-4-5-6-10-13-17-15(16)14-11-8-7-9-12-14/h8-9,11-12H,2-6,10,13H2,1H3. The molecule has 1 aromatic carbocycles. The van der Waals surface area contributed by atoms with Gasteiger partial charge >= 0.3 is 5.97 Å². The van der Waals surface area contributed by atoms with Crippen molar-refractivity contribution in [3.05, 3.63) is 35.9 Å². The van der Waals surface area contributed by atoms with Crippen LogP contribution in [0.15, 0.2) is 24.3 Å². The summed E-state index contributed by atoms with van der Waals surface area (Å²) in [5.41, 5.74) is 0.606. The molecule has 0 amide bonds. The van der Waals surface area contributed by atoms with Gasteiger partial charge in [0.1, 0.15) is 0 Å². The van der Waals surface area contributed by atoms with Crippen LogP contribution in [0, 0.1) is 6.07 Å². The predicted molar refractivity (Wildman–Crippen MR) is 68.9 cm³/mol. The van der Waals surface area contributed by atoms with Gasteiger partial charge in [-0.25, -0.2) is 4.79 Å². The first-order valence-corrected chi connectivity index (χ1v) is 6.48. The lowest BCUT2D eigenvalue weighted by atomic mass is 10.1. The van der Waals surface area contributed by atoms with Crippen LogP contribution in [-0.4, -0.2) is 12.6 Å². The van der Waals surface area contributed by atoms with Gasteiger partial charge in [0.25, 0.3) is 0 Å². The van der Waals surface area contributed by atoms with Crippen molar-refractivity contribution in [2.24, 2.45) is 0 Å². The van der Waals surface area contributed by atoms with E-state index in [0.29, 0.717) is 12.2 Å². The molecule has 0 spiro atoms. The lowest BCUT2D eigenvalue weighted by Crippen LogP contribution is -2.06. The molecule has 0 saturated heterocycles. The molecular formula is C15H21O2. The molecule has 2 heteroatoms. The molecule has 0 aromatic heterocycles. The predicted octanol–water partition coefficient (Wildman–Crippen LogP) is 4.00. The molecular weight excluding hydrogens is 212 g/mol. The van der Waals surface area contributed by atoms with Gasteiger partial charge in [-0.3, -0.25) is 0 Å². The quantitative estimate of drug-likeness (QED) is 0.501. The highest BCUT2D eigenvalue weighted by molar-refractivity contribution is 5.89. The fraction of sp³-hybridized carbons (Fsp3) is 0.533. The highest BCUT2D eigenvalue weighted by atomic mass is 16.5. The third kappa shape index (κ3) is 6.10. The fourth-order valence-electron chi connectivity index (χ4n) is 1.65. The summed E-state index contributed by atoms with van der Waals surface area (Å²) in [7, 11) is 0. The van der Waals surface area contributed by atoms with E-state index < -0.39 is 0 Å². The molecule has 0 saturated carbocycles. The highest BCUT2D eigenvalue weighted by Crippen LogP contribution is 2.06. The van der Waals surface area contributed by atoms with E-state index >= 15 is 0 Å². The summed E-state index contributed by atoms with van der Waals surface area (Å²) in [5.74, 6) is -0.229. The van der Waals surface area contributed by atoms with Gasteiger partial charge < -0.3 is 4.74 Å². The number of carbonyl (C=O) groups is 1. The van der Waals surface area contributed by atoms with E-state index in [1.807, 2.05) is 0 Å². The molecule has 2 nitrogen and oxygen atoms in total. The molecule has 17 heavy (non-hydrogen) atoms. The van der Waals surface area contributed by atoms with Crippen LogP contribution >= 0.6 is 0 Å². The van der Waals surface area contributed by atoms with Gasteiger partial charge in [0, 0.05) is 0 Å². The maximum Gasteiger partial charge on any atom is 0.338 e. The van der Waals surface area contributed by atoms with Gasteiger partial charge in [0.2, 0.25) is 0 Å². The number of rotatable bonds is 8. The zero-order valence-corrected chi connectivity index (χ0v) is 10.6. The Hall–Kier alpha value is -1.31. The third-order valence-electron chi connectivity index (χ3n) is 2.68. The van der Waals surface area contributed by atoms with Crippen molar-refractivity contribution in [2.45, 2.75) is 45.4 Å². The Morgan fingerprint density at radius 1 is 1.12 bits per heavy atom. The number of ether oxygens (including phenoxy) is 1. The van der Waals surface area contributed by atoms with Crippen molar-refractivity contribution in [1.82, 2.24) is 0 Å². The van der Waals surface area contributed by atoms with Crippen LogP contribution in [-0.2, 0) is 4.74 Å².